The van der Waals surface area contributed by atoms with Crippen molar-refractivity contribution < 1.29 is 22.5 Å². The van der Waals surface area contributed by atoms with Gasteiger partial charge in [-0.2, -0.15) is 25.3 Å². The van der Waals surface area contributed by atoms with E-state index in [1.54, 1.807) is 6.92 Å². The number of hydrogen-bond donors (Lipinski definition) is 2. The molecule has 0 aromatic rings. The molecule has 0 aromatic carbocycles. The SMILES string of the molecule is CO[Si](OC)(OC)OC(=O)CCC(C)(S)S. The van der Waals surface area contributed by atoms with Gasteiger partial charge in [0.05, 0.1) is 4.08 Å². The third-order valence-corrected chi connectivity index (χ3v) is 4.22. The Balaban J connectivity index is 4.21. The second-order valence-electron chi connectivity index (χ2n) is 3.30. The van der Waals surface area contributed by atoms with Gasteiger partial charge in [-0.1, -0.05) is 0 Å². The molecular weight excluding hydrogens is 268 g/mol. The summed E-state index contributed by atoms with van der Waals surface area (Å²) < 4.78 is 19.4. The average molecular weight is 286 g/mol. The normalized spacial score (nSPS) is 12.6. The Morgan fingerprint density at radius 2 is 1.62 bits per heavy atom. The number of thiol groups is 2. The standard InChI is InChI=1S/C8H18O5S2Si/c1-8(14,15)6-5-7(9)13-16(10-2,11-3)12-4/h14-15H,5-6H2,1-4H3. The summed E-state index contributed by atoms with van der Waals surface area (Å²) in [5.74, 6) is -0.452. The van der Waals surface area contributed by atoms with E-state index < -0.39 is 19.1 Å². The zero-order chi connectivity index (χ0) is 12.8. The fourth-order valence-electron chi connectivity index (χ4n) is 0.904. The topological polar surface area (TPSA) is 54.0 Å². The molecule has 0 aliphatic carbocycles. The van der Waals surface area contributed by atoms with E-state index in [0.29, 0.717) is 6.42 Å². The highest BCUT2D eigenvalue weighted by Gasteiger charge is 2.46. The Bertz CT molecular complexity index is 219. The summed E-state index contributed by atoms with van der Waals surface area (Å²) in [7, 11) is 0.830. The van der Waals surface area contributed by atoms with Gasteiger partial charge >= 0.3 is 9.05 Å². The van der Waals surface area contributed by atoms with E-state index in [2.05, 4.69) is 25.3 Å². The summed E-state index contributed by atoms with van der Waals surface area (Å²) in [4.78, 5) is 11.5. The van der Waals surface area contributed by atoms with Gasteiger partial charge in [0, 0.05) is 27.8 Å². The van der Waals surface area contributed by atoms with Crippen molar-refractivity contribution in [1.29, 1.82) is 0 Å². The fraction of sp³-hybridized carbons (Fsp3) is 0.875. The predicted molar refractivity (Wildman–Crippen MR) is 68.5 cm³/mol. The average Bonchev–Trinajstić information content (AvgIpc) is 2.22. The van der Waals surface area contributed by atoms with Gasteiger partial charge in [-0.3, -0.25) is 4.79 Å². The van der Waals surface area contributed by atoms with Crippen molar-refractivity contribution in [3.05, 3.63) is 0 Å². The van der Waals surface area contributed by atoms with Gasteiger partial charge in [0.25, 0.3) is 5.97 Å². The Morgan fingerprint density at radius 1 is 1.19 bits per heavy atom. The second kappa shape index (κ2) is 6.87. The molecule has 5 nitrogen and oxygen atoms in total. The zero-order valence-electron chi connectivity index (χ0n) is 9.85. The van der Waals surface area contributed by atoms with Crippen molar-refractivity contribution >= 4 is 40.3 Å². The van der Waals surface area contributed by atoms with Crippen molar-refractivity contribution in [2.45, 2.75) is 23.8 Å². The summed E-state index contributed by atoms with van der Waals surface area (Å²) in [6.07, 6.45) is 0.647. The fourth-order valence-corrected chi connectivity index (χ4v) is 2.26. The molecule has 0 heterocycles. The van der Waals surface area contributed by atoms with Gasteiger partial charge in [-0.15, -0.1) is 0 Å². The first-order chi connectivity index (χ1) is 7.28. The van der Waals surface area contributed by atoms with E-state index >= 15 is 0 Å². The van der Waals surface area contributed by atoms with E-state index in [4.69, 9.17) is 17.7 Å². The van der Waals surface area contributed by atoms with Crippen LogP contribution >= 0.6 is 25.3 Å². The lowest BCUT2D eigenvalue weighted by molar-refractivity contribution is -0.143. The van der Waals surface area contributed by atoms with Crippen LogP contribution in [-0.4, -0.2) is 40.4 Å². The molecule has 0 aromatic heterocycles. The van der Waals surface area contributed by atoms with Gasteiger partial charge in [0.2, 0.25) is 0 Å². The molecule has 0 amide bonds. The first kappa shape index (κ1) is 16.3. The van der Waals surface area contributed by atoms with Crippen LogP contribution in [0.3, 0.4) is 0 Å². The van der Waals surface area contributed by atoms with Crippen molar-refractivity contribution in [1.82, 2.24) is 0 Å². The molecular formula is C8H18O5S2Si. The molecule has 0 aliphatic heterocycles. The lowest BCUT2D eigenvalue weighted by Gasteiger charge is -2.23. The van der Waals surface area contributed by atoms with Crippen LogP contribution in [0.5, 0.6) is 0 Å². The highest BCUT2D eigenvalue weighted by Crippen LogP contribution is 2.25. The second-order valence-corrected chi connectivity index (χ2v) is 8.06. The van der Waals surface area contributed by atoms with E-state index in [-0.39, 0.29) is 6.42 Å². The minimum absolute atomic E-state index is 0.175. The quantitative estimate of drug-likeness (QED) is 0.419. The summed E-state index contributed by atoms with van der Waals surface area (Å²) in [6, 6.07) is 0. The smallest absolute Gasteiger partial charge is 0.452 e. The lowest BCUT2D eigenvalue weighted by atomic mass is 10.2. The number of hydrogen-bond acceptors (Lipinski definition) is 7. The van der Waals surface area contributed by atoms with Crippen molar-refractivity contribution in [2.24, 2.45) is 0 Å². The Kier molecular flexibility index (Phi) is 6.99. The molecule has 0 bridgehead atoms. The maximum Gasteiger partial charge on any atom is 0.750 e. The largest absolute Gasteiger partial charge is 0.750 e. The molecule has 0 atom stereocenters. The Labute approximate surface area is 108 Å². The minimum Gasteiger partial charge on any atom is -0.452 e. The van der Waals surface area contributed by atoms with Crippen LogP contribution in [0.1, 0.15) is 19.8 Å². The lowest BCUT2D eigenvalue weighted by Crippen LogP contribution is -2.48. The predicted octanol–water partition coefficient (Wildman–Crippen LogP) is 1.26. The van der Waals surface area contributed by atoms with E-state index in [9.17, 15) is 4.79 Å². The first-order valence-corrected chi connectivity index (χ1v) is 7.13. The van der Waals surface area contributed by atoms with Crippen LogP contribution in [-0.2, 0) is 22.5 Å². The van der Waals surface area contributed by atoms with E-state index in [1.807, 2.05) is 0 Å². The van der Waals surface area contributed by atoms with Crippen LogP contribution in [0.2, 0.25) is 0 Å². The summed E-state index contributed by atoms with van der Waals surface area (Å²) in [5.41, 5.74) is 0. The highest BCUT2D eigenvalue weighted by atomic mass is 32.2. The Hall–Kier alpha value is 0.267. The number of carbonyl (C=O) groups excluding carboxylic acids is 1. The van der Waals surface area contributed by atoms with Gasteiger partial charge in [0.15, 0.2) is 0 Å². The Morgan fingerprint density at radius 3 is 1.94 bits per heavy atom. The third kappa shape index (κ3) is 6.11. The van der Waals surface area contributed by atoms with E-state index in [1.165, 1.54) is 21.3 Å². The van der Waals surface area contributed by atoms with Crippen LogP contribution in [0, 0.1) is 0 Å². The molecule has 0 rings (SSSR count). The maximum absolute atomic E-state index is 11.5. The van der Waals surface area contributed by atoms with Crippen molar-refractivity contribution in [2.75, 3.05) is 21.3 Å². The van der Waals surface area contributed by atoms with Crippen LogP contribution < -0.4 is 0 Å². The number of carbonyl (C=O) groups is 1. The molecule has 0 saturated carbocycles. The molecule has 96 valence electrons. The molecule has 0 radical (unpaired) electrons. The van der Waals surface area contributed by atoms with Gasteiger partial charge in [-0.05, 0) is 13.3 Å². The monoisotopic (exact) mass is 286 g/mol. The molecule has 0 N–H and O–H groups in total. The third-order valence-electron chi connectivity index (χ3n) is 1.79. The molecule has 0 saturated heterocycles. The zero-order valence-corrected chi connectivity index (χ0v) is 12.6. The highest BCUT2D eigenvalue weighted by molar-refractivity contribution is 8.00. The maximum atomic E-state index is 11.5. The van der Waals surface area contributed by atoms with Crippen molar-refractivity contribution in [3.63, 3.8) is 0 Å². The number of rotatable bonds is 7. The van der Waals surface area contributed by atoms with E-state index in [0.717, 1.165) is 0 Å². The molecule has 0 unspecified atom stereocenters. The molecule has 16 heavy (non-hydrogen) atoms. The summed E-state index contributed by atoms with van der Waals surface area (Å²) >= 11 is 8.37. The molecule has 0 aliphatic rings. The molecule has 0 spiro atoms. The van der Waals surface area contributed by atoms with Crippen LogP contribution in [0.4, 0.5) is 0 Å². The van der Waals surface area contributed by atoms with Gasteiger partial charge in [-0.25, -0.2) is 0 Å². The summed E-state index contributed by atoms with van der Waals surface area (Å²) in [6.45, 7) is 1.79. The molecule has 8 heteroatoms. The van der Waals surface area contributed by atoms with Crippen LogP contribution in [0.25, 0.3) is 0 Å². The van der Waals surface area contributed by atoms with Crippen LogP contribution in [0.15, 0.2) is 0 Å². The summed E-state index contributed by atoms with van der Waals surface area (Å²) in [5, 5.41) is 0. The van der Waals surface area contributed by atoms with Gasteiger partial charge in [0.1, 0.15) is 0 Å². The van der Waals surface area contributed by atoms with Crippen molar-refractivity contribution in [3.8, 4) is 0 Å². The minimum atomic E-state index is -3.28. The molecule has 0 fully saturated rings. The van der Waals surface area contributed by atoms with Gasteiger partial charge < -0.3 is 17.7 Å². The first-order valence-electron chi connectivity index (χ1n) is 4.60.